The van der Waals surface area contributed by atoms with Gasteiger partial charge in [-0.05, 0) is 0 Å². The minimum absolute atomic E-state index is 0.253. The third-order valence-corrected chi connectivity index (χ3v) is 0.487. The predicted octanol–water partition coefficient (Wildman–Crippen LogP) is -0.564. The van der Waals surface area contributed by atoms with Crippen LogP contribution in [-0.2, 0) is 9.63 Å². The highest BCUT2D eigenvalue weighted by molar-refractivity contribution is 5.36. The second kappa shape index (κ2) is 4.29. The number of carbonyl (C=O) groups is 1. The lowest BCUT2D eigenvalue weighted by atomic mass is 10.7. The molecule has 0 heterocycles. The lowest BCUT2D eigenvalue weighted by Gasteiger charge is -2.07. The van der Waals surface area contributed by atoms with Gasteiger partial charge < -0.3 is 4.84 Å². The number of rotatable bonds is 4. The third kappa shape index (κ3) is 3.32. The van der Waals surface area contributed by atoms with Crippen molar-refractivity contribution >= 4 is 6.47 Å². The van der Waals surface area contributed by atoms with Gasteiger partial charge in [-0.2, -0.15) is 0 Å². The summed E-state index contributed by atoms with van der Waals surface area (Å²) >= 11 is 0. The van der Waals surface area contributed by atoms with E-state index in [0.717, 1.165) is 5.17 Å². The predicted molar refractivity (Wildman–Crippen MR) is 28.2 cm³/mol. The van der Waals surface area contributed by atoms with Gasteiger partial charge in [0.25, 0.3) is 0 Å². The molecule has 0 saturated carbocycles. The Balaban J connectivity index is 3.16. The lowest BCUT2D eigenvalue weighted by Crippen LogP contribution is -2.30. The fraction of sp³-hybridized carbons (Fsp3) is 0.250. The van der Waals surface area contributed by atoms with Crippen LogP contribution < -0.4 is 5.84 Å². The average molecular weight is 116 g/mol. The Morgan fingerprint density at radius 1 is 1.88 bits per heavy atom. The van der Waals surface area contributed by atoms with Gasteiger partial charge in [0.2, 0.25) is 0 Å². The van der Waals surface area contributed by atoms with Crippen molar-refractivity contribution in [2.45, 2.75) is 0 Å². The molecule has 0 saturated heterocycles. The molecule has 0 amide bonds. The van der Waals surface area contributed by atoms with Crippen molar-refractivity contribution in [3.05, 3.63) is 12.7 Å². The molecule has 8 heavy (non-hydrogen) atoms. The Morgan fingerprint density at radius 2 is 2.50 bits per heavy atom. The Kier molecular flexibility index (Phi) is 3.83. The van der Waals surface area contributed by atoms with Gasteiger partial charge in [-0.15, -0.1) is 6.58 Å². The molecular formula is C4H8N2O2. The molecule has 0 unspecified atom stereocenters. The fourth-order valence-electron chi connectivity index (χ4n) is 0.226. The molecule has 0 aromatic carbocycles. The van der Waals surface area contributed by atoms with Crippen LogP contribution in [0.25, 0.3) is 0 Å². The maximum atomic E-state index is 9.51. The highest BCUT2D eigenvalue weighted by Gasteiger charge is 1.89. The van der Waals surface area contributed by atoms with Gasteiger partial charge in [-0.25, -0.2) is 5.84 Å². The van der Waals surface area contributed by atoms with E-state index in [4.69, 9.17) is 5.84 Å². The number of hydrazine groups is 1. The quantitative estimate of drug-likeness (QED) is 0.231. The normalized spacial score (nSPS) is 8.75. The maximum Gasteiger partial charge on any atom is 0.314 e. The van der Waals surface area contributed by atoms with E-state index in [1.54, 1.807) is 0 Å². The molecule has 4 nitrogen and oxygen atoms in total. The van der Waals surface area contributed by atoms with E-state index in [1.807, 2.05) is 0 Å². The third-order valence-electron chi connectivity index (χ3n) is 0.487. The molecule has 0 fully saturated rings. The van der Waals surface area contributed by atoms with Crippen LogP contribution in [0.1, 0.15) is 0 Å². The molecule has 0 bridgehead atoms. The molecule has 0 atom stereocenters. The molecule has 2 N–H and O–H groups in total. The van der Waals surface area contributed by atoms with Crippen LogP contribution in [-0.4, -0.2) is 18.2 Å². The Bertz CT molecular complexity index is 74.1. The average Bonchev–Trinajstić information content (AvgIpc) is 1.68. The van der Waals surface area contributed by atoms with Gasteiger partial charge in [0.15, 0.2) is 0 Å². The van der Waals surface area contributed by atoms with E-state index >= 15 is 0 Å². The summed E-state index contributed by atoms with van der Waals surface area (Å²) in [4.78, 5) is 13.7. The molecule has 46 valence electrons. The van der Waals surface area contributed by atoms with Crippen molar-refractivity contribution in [2.75, 3.05) is 6.54 Å². The van der Waals surface area contributed by atoms with E-state index in [-0.39, 0.29) is 6.47 Å². The zero-order valence-electron chi connectivity index (χ0n) is 4.41. The van der Waals surface area contributed by atoms with Crippen LogP contribution in [0.5, 0.6) is 0 Å². The van der Waals surface area contributed by atoms with Crippen molar-refractivity contribution in [2.24, 2.45) is 5.84 Å². The van der Waals surface area contributed by atoms with E-state index in [9.17, 15) is 4.79 Å². The van der Waals surface area contributed by atoms with Gasteiger partial charge >= 0.3 is 6.47 Å². The van der Waals surface area contributed by atoms with E-state index in [2.05, 4.69) is 11.4 Å². The van der Waals surface area contributed by atoms with Crippen LogP contribution in [0.15, 0.2) is 12.7 Å². The van der Waals surface area contributed by atoms with E-state index < -0.39 is 0 Å². The minimum Gasteiger partial charge on any atom is -0.356 e. The van der Waals surface area contributed by atoms with Crippen LogP contribution in [0.2, 0.25) is 0 Å². The minimum atomic E-state index is 0.253. The lowest BCUT2D eigenvalue weighted by molar-refractivity contribution is -0.171. The number of hydroxylamine groups is 1. The monoisotopic (exact) mass is 116 g/mol. The molecule has 0 aliphatic rings. The van der Waals surface area contributed by atoms with E-state index in [0.29, 0.717) is 6.54 Å². The van der Waals surface area contributed by atoms with Gasteiger partial charge in [0.1, 0.15) is 0 Å². The molecule has 4 heteroatoms. The van der Waals surface area contributed by atoms with Gasteiger partial charge in [-0.1, -0.05) is 11.2 Å². The second-order valence-corrected chi connectivity index (χ2v) is 1.09. The summed E-state index contributed by atoms with van der Waals surface area (Å²) in [5.74, 6) is 5.00. The Hall–Kier alpha value is -0.870. The second-order valence-electron chi connectivity index (χ2n) is 1.09. The fourth-order valence-corrected chi connectivity index (χ4v) is 0.226. The van der Waals surface area contributed by atoms with Crippen molar-refractivity contribution in [1.29, 1.82) is 0 Å². The SMILES string of the molecule is C=CCN(N)OC=O. The molecule has 0 aliphatic heterocycles. The first kappa shape index (κ1) is 7.13. The van der Waals surface area contributed by atoms with Crippen LogP contribution >= 0.6 is 0 Å². The highest BCUT2D eigenvalue weighted by atomic mass is 16.7. The van der Waals surface area contributed by atoms with Crippen LogP contribution in [0, 0.1) is 0 Å². The summed E-state index contributed by atoms with van der Waals surface area (Å²) in [6.07, 6.45) is 1.52. The van der Waals surface area contributed by atoms with Crippen LogP contribution in [0.4, 0.5) is 0 Å². The van der Waals surface area contributed by atoms with E-state index in [1.165, 1.54) is 6.08 Å². The first-order valence-electron chi connectivity index (χ1n) is 2.04. The number of nitrogens with two attached hydrogens (primary N) is 1. The smallest absolute Gasteiger partial charge is 0.314 e. The zero-order valence-corrected chi connectivity index (χ0v) is 4.41. The molecule has 0 aromatic heterocycles. The number of hydrogen-bond acceptors (Lipinski definition) is 4. The van der Waals surface area contributed by atoms with Crippen molar-refractivity contribution < 1.29 is 9.63 Å². The molecule has 0 aromatic rings. The summed E-state index contributed by atoms with van der Waals surface area (Å²) in [6.45, 7) is 3.95. The van der Waals surface area contributed by atoms with Crippen molar-refractivity contribution in [1.82, 2.24) is 5.17 Å². The summed E-state index contributed by atoms with van der Waals surface area (Å²) in [7, 11) is 0. The van der Waals surface area contributed by atoms with Crippen molar-refractivity contribution in [3.63, 3.8) is 0 Å². The molecule has 0 spiro atoms. The summed E-state index contributed by atoms with van der Waals surface area (Å²) in [5, 5.41) is 0.875. The standard InChI is InChI=1S/C4H8N2O2/c1-2-3-6(5)8-4-7/h2,4H,1,3,5H2. The first-order chi connectivity index (χ1) is 3.81. The molecular weight excluding hydrogens is 108 g/mol. The molecule has 0 aliphatic carbocycles. The van der Waals surface area contributed by atoms with Crippen molar-refractivity contribution in [3.8, 4) is 0 Å². The molecule has 0 rings (SSSR count). The zero-order chi connectivity index (χ0) is 6.41. The summed E-state index contributed by atoms with van der Waals surface area (Å²) in [5.41, 5.74) is 0. The van der Waals surface area contributed by atoms with Crippen LogP contribution in [0.3, 0.4) is 0 Å². The summed E-state index contributed by atoms with van der Waals surface area (Å²) < 4.78 is 0. The van der Waals surface area contributed by atoms with Gasteiger partial charge in [0, 0.05) is 0 Å². The number of nitrogens with zero attached hydrogens (tertiary/aromatic N) is 1. The summed E-state index contributed by atoms with van der Waals surface area (Å²) in [6, 6.07) is 0. The largest absolute Gasteiger partial charge is 0.356 e. The highest BCUT2D eigenvalue weighted by Crippen LogP contribution is 1.74. The number of carbonyl (C=O) groups excluding carboxylic acids is 1. The van der Waals surface area contributed by atoms with Gasteiger partial charge in [0.05, 0.1) is 6.54 Å². The molecule has 0 radical (unpaired) electrons. The topological polar surface area (TPSA) is 55.6 Å². The Morgan fingerprint density at radius 3 is 2.88 bits per heavy atom. The number of hydrogen-bond donors (Lipinski definition) is 1. The van der Waals surface area contributed by atoms with Gasteiger partial charge in [-0.3, -0.25) is 4.79 Å². The Labute approximate surface area is 47.4 Å². The first-order valence-corrected chi connectivity index (χ1v) is 2.04. The maximum absolute atomic E-state index is 9.51.